The molecule has 32 heavy (non-hydrogen) atoms. The van der Waals surface area contributed by atoms with Crippen molar-refractivity contribution in [1.82, 2.24) is 10.2 Å². The molecule has 1 heterocycles. The quantitative estimate of drug-likeness (QED) is 0.548. The standard InChI is InChI=1S/C26H26F2N2O2/c27-22-6-4-19(5-7-22)17-29-26(31)21-12-14-30(15-13-21)18-20-2-1-3-25(16-20)32-24-10-8-23(28)9-11-24/h1-11,16,21H,12-15,17-18H2,(H,29,31). The van der Waals surface area contributed by atoms with Crippen molar-refractivity contribution in [3.8, 4) is 11.5 Å². The first-order chi connectivity index (χ1) is 15.5. The molecule has 1 aliphatic heterocycles. The highest BCUT2D eigenvalue weighted by Crippen LogP contribution is 2.24. The fourth-order valence-electron chi connectivity index (χ4n) is 3.89. The van der Waals surface area contributed by atoms with Crippen LogP contribution in [0.1, 0.15) is 24.0 Å². The summed E-state index contributed by atoms with van der Waals surface area (Å²) in [4.78, 5) is 14.8. The molecule has 0 saturated carbocycles. The minimum absolute atomic E-state index is 0.000146. The van der Waals surface area contributed by atoms with Crippen molar-refractivity contribution >= 4 is 5.91 Å². The Morgan fingerprint density at radius 1 is 0.875 bits per heavy atom. The Bertz CT molecular complexity index is 1030. The molecule has 3 aromatic carbocycles. The van der Waals surface area contributed by atoms with Crippen LogP contribution in [0.3, 0.4) is 0 Å². The fraction of sp³-hybridized carbons (Fsp3) is 0.269. The summed E-state index contributed by atoms with van der Waals surface area (Å²) >= 11 is 0. The number of rotatable bonds is 7. The van der Waals surface area contributed by atoms with E-state index in [0.717, 1.165) is 43.6 Å². The number of benzene rings is 3. The van der Waals surface area contributed by atoms with Crippen LogP contribution in [0.25, 0.3) is 0 Å². The van der Waals surface area contributed by atoms with Crippen molar-refractivity contribution in [2.45, 2.75) is 25.9 Å². The van der Waals surface area contributed by atoms with Crippen LogP contribution in [0.5, 0.6) is 11.5 Å². The summed E-state index contributed by atoms with van der Waals surface area (Å²) < 4.78 is 31.9. The third-order valence-corrected chi connectivity index (χ3v) is 5.69. The van der Waals surface area contributed by atoms with Crippen LogP contribution in [-0.2, 0) is 17.9 Å². The molecule has 0 spiro atoms. The molecular formula is C26H26F2N2O2. The van der Waals surface area contributed by atoms with Gasteiger partial charge in [-0.3, -0.25) is 9.69 Å². The number of hydrogen-bond acceptors (Lipinski definition) is 3. The number of likely N-dealkylation sites (tertiary alicyclic amines) is 1. The zero-order valence-corrected chi connectivity index (χ0v) is 17.8. The lowest BCUT2D eigenvalue weighted by atomic mass is 9.95. The third kappa shape index (κ3) is 6.14. The summed E-state index contributed by atoms with van der Waals surface area (Å²) in [6.45, 7) is 2.89. The lowest BCUT2D eigenvalue weighted by Crippen LogP contribution is -2.40. The van der Waals surface area contributed by atoms with E-state index in [-0.39, 0.29) is 23.5 Å². The summed E-state index contributed by atoms with van der Waals surface area (Å²) in [5.74, 6) is 0.794. The lowest BCUT2D eigenvalue weighted by Gasteiger charge is -2.31. The van der Waals surface area contributed by atoms with Gasteiger partial charge >= 0.3 is 0 Å². The van der Waals surface area contributed by atoms with Gasteiger partial charge < -0.3 is 10.1 Å². The fourth-order valence-corrected chi connectivity index (χ4v) is 3.89. The van der Waals surface area contributed by atoms with Gasteiger partial charge in [-0.05, 0) is 85.6 Å². The minimum atomic E-state index is -0.293. The van der Waals surface area contributed by atoms with Gasteiger partial charge in [0.1, 0.15) is 23.1 Å². The van der Waals surface area contributed by atoms with Crippen molar-refractivity contribution in [2.24, 2.45) is 5.92 Å². The van der Waals surface area contributed by atoms with Crippen LogP contribution in [0.2, 0.25) is 0 Å². The molecule has 0 atom stereocenters. The highest BCUT2D eigenvalue weighted by Gasteiger charge is 2.24. The van der Waals surface area contributed by atoms with E-state index < -0.39 is 0 Å². The largest absolute Gasteiger partial charge is 0.457 e. The SMILES string of the molecule is O=C(NCc1ccc(F)cc1)C1CCN(Cc2cccc(Oc3ccc(F)cc3)c2)CC1. The van der Waals surface area contributed by atoms with Crippen LogP contribution < -0.4 is 10.1 Å². The molecule has 4 nitrogen and oxygen atoms in total. The number of ether oxygens (including phenoxy) is 1. The van der Waals surface area contributed by atoms with E-state index in [4.69, 9.17) is 4.74 Å². The van der Waals surface area contributed by atoms with Gasteiger partial charge in [0.2, 0.25) is 5.91 Å². The molecule has 0 bridgehead atoms. The normalized spacial score (nSPS) is 14.8. The van der Waals surface area contributed by atoms with Crippen LogP contribution in [0, 0.1) is 17.6 Å². The second-order valence-electron chi connectivity index (χ2n) is 8.10. The van der Waals surface area contributed by atoms with Crippen LogP contribution in [0.4, 0.5) is 8.78 Å². The maximum absolute atomic E-state index is 13.1. The van der Waals surface area contributed by atoms with Crippen molar-refractivity contribution in [3.63, 3.8) is 0 Å². The molecule has 4 rings (SSSR count). The molecule has 0 aromatic heterocycles. The first-order valence-electron chi connectivity index (χ1n) is 10.8. The highest BCUT2D eigenvalue weighted by atomic mass is 19.1. The molecule has 166 valence electrons. The van der Waals surface area contributed by atoms with Crippen LogP contribution >= 0.6 is 0 Å². The van der Waals surface area contributed by atoms with E-state index in [1.54, 1.807) is 24.3 Å². The summed E-state index contributed by atoms with van der Waals surface area (Å²) in [6.07, 6.45) is 1.61. The zero-order chi connectivity index (χ0) is 22.3. The van der Waals surface area contributed by atoms with Gasteiger partial charge in [0.05, 0.1) is 0 Å². The van der Waals surface area contributed by atoms with Gasteiger partial charge in [-0.1, -0.05) is 24.3 Å². The molecule has 1 fully saturated rings. The molecular weight excluding hydrogens is 410 g/mol. The molecule has 1 N–H and O–H groups in total. The van der Waals surface area contributed by atoms with E-state index in [1.807, 2.05) is 18.2 Å². The first-order valence-corrected chi connectivity index (χ1v) is 10.8. The monoisotopic (exact) mass is 436 g/mol. The molecule has 0 unspecified atom stereocenters. The lowest BCUT2D eigenvalue weighted by molar-refractivity contribution is -0.126. The first kappa shape index (κ1) is 22.0. The number of halogens is 2. The average Bonchev–Trinajstić information content (AvgIpc) is 2.81. The Kier molecular flexibility index (Phi) is 7.12. The molecule has 1 saturated heterocycles. The Hall–Kier alpha value is -3.25. The van der Waals surface area contributed by atoms with E-state index in [1.165, 1.54) is 24.3 Å². The molecule has 1 aliphatic rings. The molecule has 0 aliphatic carbocycles. The van der Waals surface area contributed by atoms with Crippen LogP contribution in [-0.4, -0.2) is 23.9 Å². The molecule has 6 heteroatoms. The number of hydrogen-bond donors (Lipinski definition) is 1. The summed E-state index contributed by atoms with van der Waals surface area (Å²) in [6, 6.07) is 20.0. The molecule has 1 amide bonds. The maximum Gasteiger partial charge on any atom is 0.223 e. The van der Waals surface area contributed by atoms with Crippen molar-refractivity contribution in [2.75, 3.05) is 13.1 Å². The molecule has 3 aromatic rings. The Balaban J connectivity index is 1.24. The number of amides is 1. The van der Waals surface area contributed by atoms with Gasteiger partial charge in [0, 0.05) is 19.0 Å². The third-order valence-electron chi connectivity index (χ3n) is 5.69. The van der Waals surface area contributed by atoms with E-state index in [0.29, 0.717) is 18.0 Å². The van der Waals surface area contributed by atoms with Gasteiger partial charge in [-0.15, -0.1) is 0 Å². The summed E-state index contributed by atoms with van der Waals surface area (Å²) in [5.41, 5.74) is 2.02. The van der Waals surface area contributed by atoms with Crippen molar-refractivity contribution in [3.05, 3.63) is 95.6 Å². The van der Waals surface area contributed by atoms with Gasteiger partial charge in [-0.25, -0.2) is 8.78 Å². The number of piperidine rings is 1. The number of nitrogens with zero attached hydrogens (tertiary/aromatic N) is 1. The van der Waals surface area contributed by atoms with Gasteiger partial charge in [-0.2, -0.15) is 0 Å². The Morgan fingerprint density at radius 3 is 2.22 bits per heavy atom. The molecule has 0 radical (unpaired) electrons. The zero-order valence-electron chi connectivity index (χ0n) is 17.8. The summed E-state index contributed by atoms with van der Waals surface area (Å²) in [7, 11) is 0. The average molecular weight is 437 g/mol. The Morgan fingerprint density at radius 2 is 1.53 bits per heavy atom. The van der Waals surface area contributed by atoms with Crippen molar-refractivity contribution in [1.29, 1.82) is 0 Å². The van der Waals surface area contributed by atoms with Crippen LogP contribution in [0.15, 0.2) is 72.8 Å². The highest BCUT2D eigenvalue weighted by molar-refractivity contribution is 5.78. The predicted molar refractivity (Wildman–Crippen MR) is 119 cm³/mol. The van der Waals surface area contributed by atoms with E-state index >= 15 is 0 Å². The second-order valence-corrected chi connectivity index (χ2v) is 8.10. The number of carbonyl (C=O) groups excluding carboxylic acids is 1. The number of carbonyl (C=O) groups is 1. The van der Waals surface area contributed by atoms with Gasteiger partial charge in [0.15, 0.2) is 0 Å². The van der Waals surface area contributed by atoms with E-state index in [2.05, 4.69) is 16.3 Å². The Labute approximate surface area is 186 Å². The maximum atomic E-state index is 13.1. The smallest absolute Gasteiger partial charge is 0.223 e. The van der Waals surface area contributed by atoms with Gasteiger partial charge in [0.25, 0.3) is 0 Å². The second kappa shape index (κ2) is 10.4. The summed E-state index contributed by atoms with van der Waals surface area (Å²) in [5, 5.41) is 2.97. The van der Waals surface area contributed by atoms with E-state index in [9.17, 15) is 13.6 Å². The number of nitrogens with one attached hydrogen (secondary N) is 1. The minimum Gasteiger partial charge on any atom is -0.457 e. The topological polar surface area (TPSA) is 41.6 Å². The predicted octanol–water partition coefficient (Wildman–Crippen LogP) is 5.29. The van der Waals surface area contributed by atoms with Crippen molar-refractivity contribution < 1.29 is 18.3 Å².